The molecule has 0 aliphatic heterocycles. The first-order chi connectivity index (χ1) is 6.14. The van der Waals surface area contributed by atoms with Gasteiger partial charge in [-0.3, -0.25) is 4.79 Å². The molecule has 0 aromatic rings. The Balaban J connectivity index is 1.78. The molecule has 0 aromatic carbocycles. The van der Waals surface area contributed by atoms with Crippen molar-refractivity contribution in [3.63, 3.8) is 0 Å². The minimum Gasteiger partial charge on any atom is -0.375 e. The molecule has 0 spiro atoms. The van der Waals surface area contributed by atoms with Gasteiger partial charge in [-0.15, -0.1) is 0 Å². The minimum atomic E-state index is 0.00639. The Morgan fingerprint density at radius 1 is 1.38 bits per heavy atom. The van der Waals surface area contributed by atoms with Gasteiger partial charge in [-0.2, -0.15) is 0 Å². The van der Waals surface area contributed by atoms with Crippen LogP contribution in [0.1, 0.15) is 19.3 Å². The van der Waals surface area contributed by atoms with Crippen molar-refractivity contribution < 1.29 is 9.53 Å². The van der Waals surface area contributed by atoms with E-state index in [1.165, 1.54) is 7.11 Å². The normalized spacial score (nSPS) is 40.5. The SMILES string of the molecule is CNC12CC(NC(=O)COC)(C1)C2. The molecule has 4 heteroatoms. The third-order valence-corrected chi connectivity index (χ3v) is 3.24. The number of ether oxygens (including phenoxy) is 1. The number of amides is 1. The van der Waals surface area contributed by atoms with E-state index in [9.17, 15) is 4.79 Å². The summed E-state index contributed by atoms with van der Waals surface area (Å²) in [5, 5.41) is 6.31. The van der Waals surface area contributed by atoms with E-state index in [2.05, 4.69) is 10.6 Å². The average molecular weight is 184 g/mol. The largest absolute Gasteiger partial charge is 0.375 e. The molecule has 2 N–H and O–H groups in total. The van der Waals surface area contributed by atoms with Gasteiger partial charge in [0.2, 0.25) is 5.91 Å². The van der Waals surface area contributed by atoms with Crippen molar-refractivity contribution in [2.75, 3.05) is 20.8 Å². The fourth-order valence-electron chi connectivity index (χ4n) is 2.65. The second kappa shape index (κ2) is 2.69. The van der Waals surface area contributed by atoms with Crippen LogP contribution in [0.3, 0.4) is 0 Å². The zero-order valence-electron chi connectivity index (χ0n) is 8.14. The Labute approximate surface area is 78.0 Å². The van der Waals surface area contributed by atoms with E-state index >= 15 is 0 Å². The second-order valence-electron chi connectivity index (χ2n) is 4.32. The van der Waals surface area contributed by atoms with E-state index in [1.54, 1.807) is 0 Å². The highest BCUT2D eigenvalue weighted by molar-refractivity contribution is 5.78. The first kappa shape index (κ1) is 8.97. The molecule has 74 valence electrons. The predicted octanol–water partition coefficient (Wildman–Crippen LogP) is -0.357. The molecule has 1 amide bonds. The number of hydrogen-bond acceptors (Lipinski definition) is 3. The van der Waals surface area contributed by atoms with Gasteiger partial charge in [0.05, 0.1) is 0 Å². The van der Waals surface area contributed by atoms with Crippen molar-refractivity contribution in [2.45, 2.75) is 30.3 Å². The Bertz CT molecular complexity index is 220. The third kappa shape index (κ3) is 1.25. The van der Waals surface area contributed by atoms with E-state index in [0.717, 1.165) is 19.3 Å². The zero-order valence-corrected chi connectivity index (χ0v) is 8.14. The summed E-state index contributed by atoms with van der Waals surface area (Å²) in [7, 11) is 3.52. The van der Waals surface area contributed by atoms with E-state index in [-0.39, 0.29) is 18.1 Å². The number of hydrogen-bond donors (Lipinski definition) is 2. The fraction of sp³-hybridized carbons (Fsp3) is 0.889. The molecular weight excluding hydrogens is 168 g/mol. The first-order valence-corrected chi connectivity index (χ1v) is 4.63. The average Bonchev–Trinajstić information content (AvgIpc) is 1.94. The van der Waals surface area contributed by atoms with Crippen LogP contribution in [0, 0.1) is 0 Å². The van der Waals surface area contributed by atoms with Gasteiger partial charge in [-0.25, -0.2) is 0 Å². The summed E-state index contributed by atoms with van der Waals surface area (Å²) in [5.41, 5.74) is 0.457. The van der Waals surface area contributed by atoms with E-state index in [1.807, 2.05) is 7.05 Å². The highest BCUT2D eigenvalue weighted by atomic mass is 16.5. The van der Waals surface area contributed by atoms with Crippen molar-refractivity contribution >= 4 is 5.91 Å². The molecule has 2 bridgehead atoms. The van der Waals surface area contributed by atoms with E-state index in [0.29, 0.717) is 5.54 Å². The summed E-state index contributed by atoms with van der Waals surface area (Å²) in [6, 6.07) is 0. The highest BCUT2D eigenvalue weighted by Crippen LogP contribution is 2.59. The Kier molecular flexibility index (Phi) is 1.85. The van der Waals surface area contributed by atoms with Gasteiger partial charge < -0.3 is 15.4 Å². The summed E-state index contributed by atoms with van der Waals surface area (Å²) in [4.78, 5) is 11.2. The minimum absolute atomic E-state index is 0.00639. The highest BCUT2D eigenvalue weighted by Gasteiger charge is 2.67. The molecule has 0 atom stereocenters. The standard InChI is InChI=1S/C9H16N2O2/c1-10-8-4-9(5-8,6-8)11-7(12)3-13-2/h10H,3-6H2,1-2H3,(H,11,12). The lowest BCUT2D eigenvalue weighted by Crippen LogP contribution is -2.83. The lowest BCUT2D eigenvalue weighted by atomic mass is 9.44. The summed E-state index contributed by atoms with van der Waals surface area (Å²) in [6.45, 7) is 0.175. The summed E-state index contributed by atoms with van der Waals surface area (Å²) in [5.74, 6) is 0.00639. The van der Waals surface area contributed by atoms with Crippen LogP contribution >= 0.6 is 0 Å². The first-order valence-electron chi connectivity index (χ1n) is 4.63. The number of carbonyl (C=O) groups excluding carboxylic acids is 1. The van der Waals surface area contributed by atoms with Crippen LogP contribution < -0.4 is 10.6 Å². The van der Waals surface area contributed by atoms with Crippen LogP contribution in [0.25, 0.3) is 0 Å². The van der Waals surface area contributed by atoms with Crippen LogP contribution in [0.5, 0.6) is 0 Å². The molecule has 3 fully saturated rings. The summed E-state index contributed by atoms with van der Waals surface area (Å²) >= 11 is 0. The van der Waals surface area contributed by atoms with Crippen molar-refractivity contribution in [1.29, 1.82) is 0 Å². The molecule has 3 saturated carbocycles. The smallest absolute Gasteiger partial charge is 0.246 e. The van der Waals surface area contributed by atoms with Crippen LogP contribution in [-0.4, -0.2) is 37.7 Å². The molecule has 0 radical (unpaired) electrons. The van der Waals surface area contributed by atoms with Crippen LogP contribution in [0.2, 0.25) is 0 Å². The van der Waals surface area contributed by atoms with Gasteiger partial charge in [0.25, 0.3) is 0 Å². The van der Waals surface area contributed by atoms with Crippen molar-refractivity contribution in [3.8, 4) is 0 Å². The Morgan fingerprint density at radius 3 is 2.46 bits per heavy atom. The van der Waals surface area contributed by atoms with Gasteiger partial charge >= 0.3 is 0 Å². The molecule has 3 rings (SSSR count). The molecular formula is C9H16N2O2. The lowest BCUT2D eigenvalue weighted by Gasteiger charge is -2.70. The van der Waals surface area contributed by atoms with E-state index in [4.69, 9.17) is 4.74 Å². The van der Waals surface area contributed by atoms with Gasteiger partial charge in [-0.05, 0) is 26.3 Å². The Morgan fingerprint density at radius 2 is 2.00 bits per heavy atom. The van der Waals surface area contributed by atoms with Crippen molar-refractivity contribution in [2.24, 2.45) is 0 Å². The monoisotopic (exact) mass is 184 g/mol. The fourth-order valence-corrected chi connectivity index (χ4v) is 2.65. The maximum atomic E-state index is 11.2. The number of methoxy groups -OCH3 is 1. The topological polar surface area (TPSA) is 50.4 Å². The number of rotatable bonds is 4. The van der Waals surface area contributed by atoms with Gasteiger partial charge in [0.1, 0.15) is 6.61 Å². The maximum absolute atomic E-state index is 11.2. The third-order valence-electron chi connectivity index (χ3n) is 3.24. The zero-order chi connectivity index (χ0) is 9.53. The van der Waals surface area contributed by atoms with Gasteiger partial charge in [-0.1, -0.05) is 0 Å². The quantitative estimate of drug-likeness (QED) is 0.627. The maximum Gasteiger partial charge on any atom is 0.246 e. The van der Waals surface area contributed by atoms with Crippen LogP contribution in [-0.2, 0) is 9.53 Å². The van der Waals surface area contributed by atoms with E-state index < -0.39 is 0 Å². The van der Waals surface area contributed by atoms with Crippen molar-refractivity contribution in [1.82, 2.24) is 10.6 Å². The molecule has 13 heavy (non-hydrogen) atoms. The molecule has 0 heterocycles. The molecule has 0 unspecified atom stereocenters. The van der Waals surface area contributed by atoms with Crippen LogP contribution in [0.4, 0.5) is 0 Å². The molecule has 0 saturated heterocycles. The number of nitrogens with one attached hydrogen (secondary N) is 2. The summed E-state index contributed by atoms with van der Waals surface area (Å²) < 4.78 is 4.76. The van der Waals surface area contributed by atoms with Gasteiger partial charge in [0, 0.05) is 18.2 Å². The summed E-state index contributed by atoms with van der Waals surface area (Å²) in [6.07, 6.45) is 3.23. The Hall–Kier alpha value is -0.610. The van der Waals surface area contributed by atoms with Gasteiger partial charge in [0.15, 0.2) is 0 Å². The molecule has 3 aliphatic rings. The van der Waals surface area contributed by atoms with Crippen molar-refractivity contribution in [3.05, 3.63) is 0 Å². The second-order valence-corrected chi connectivity index (χ2v) is 4.32. The van der Waals surface area contributed by atoms with Crippen LogP contribution in [0.15, 0.2) is 0 Å². The molecule has 4 nitrogen and oxygen atoms in total. The molecule has 0 aromatic heterocycles. The number of carbonyl (C=O) groups is 1. The predicted molar refractivity (Wildman–Crippen MR) is 48.4 cm³/mol. The lowest BCUT2D eigenvalue weighted by molar-refractivity contribution is -0.143. The molecule has 3 aliphatic carbocycles.